The van der Waals surface area contributed by atoms with Crippen molar-refractivity contribution in [1.29, 1.82) is 0 Å². The second-order valence-corrected chi connectivity index (χ2v) is 8.34. The summed E-state index contributed by atoms with van der Waals surface area (Å²) < 4.78 is 13.5. The molecule has 2 fully saturated rings. The molecule has 0 atom stereocenters. The SMILES string of the molecule is CC(C)CNC(=O)c1nc(C(=O)N2CCC3(CC2)OCCO3)c2n1CCCC2. The summed E-state index contributed by atoms with van der Waals surface area (Å²) in [6.07, 6.45) is 4.16. The predicted octanol–water partition coefficient (Wildman–Crippen LogP) is 1.58. The number of carbonyl (C=O) groups is 2. The van der Waals surface area contributed by atoms with E-state index in [0.717, 1.165) is 31.5 Å². The van der Waals surface area contributed by atoms with Crippen molar-refractivity contribution >= 4 is 11.8 Å². The minimum Gasteiger partial charge on any atom is -0.349 e. The number of piperidine rings is 1. The van der Waals surface area contributed by atoms with E-state index in [1.54, 1.807) is 0 Å². The van der Waals surface area contributed by atoms with Gasteiger partial charge in [0.2, 0.25) is 0 Å². The molecule has 1 spiro atoms. The van der Waals surface area contributed by atoms with Gasteiger partial charge >= 0.3 is 0 Å². The molecule has 1 N–H and O–H groups in total. The van der Waals surface area contributed by atoms with E-state index in [1.807, 2.05) is 9.47 Å². The zero-order valence-corrected chi connectivity index (χ0v) is 16.8. The lowest BCUT2D eigenvalue weighted by atomic mass is 10.0. The maximum Gasteiger partial charge on any atom is 0.287 e. The van der Waals surface area contributed by atoms with E-state index in [4.69, 9.17) is 9.47 Å². The van der Waals surface area contributed by atoms with Crippen LogP contribution in [0.2, 0.25) is 0 Å². The molecule has 28 heavy (non-hydrogen) atoms. The Morgan fingerprint density at radius 3 is 2.54 bits per heavy atom. The molecule has 4 rings (SSSR count). The van der Waals surface area contributed by atoms with Crippen molar-refractivity contribution < 1.29 is 19.1 Å². The molecule has 3 aliphatic rings. The number of fused-ring (bicyclic) bond motifs is 1. The summed E-state index contributed by atoms with van der Waals surface area (Å²) in [6, 6.07) is 0. The number of carbonyl (C=O) groups excluding carboxylic acids is 2. The number of nitrogens with one attached hydrogen (secondary N) is 1. The molecule has 154 valence electrons. The first-order valence-corrected chi connectivity index (χ1v) is 10.4. The largest absolute Gasteiger partial charge is 0.349 e. The summed E-state index contributed by atoms with van der Waals surface area (Å²) in [6.45, 7) is 7.85. The number of hydrogen-bond acceptors (Lipinski definition) is 5. The topological polar surface area (TPSA) is 85.7 Å². The van der Waals surface area contributed by atoms with E-state index in [9.17, 15) is 9.59 Å². The molecule has 0 radical (unpaired) electrons. The molecule has 0 unspecified atom stereocenters. The molecular formula is C20H30N4O4. The average Bonchev–Trinajstić information content (AvgIpc) is 3.31. The summed E-state index contributed by atoms with van der Waals surface area (Å²) >= 11 is 0. The Morgan fingerprint density at radius 2 is 1.86 bits per heavy atom. The summed E-state index contributed by atoms with van der Waals surface area (Å²) in [4.78, 5) is 32.2. The maximum atomic E-state index is 13.2. The number of nitrogens with zero attached hydrogens (tertiary/aromatic N) is 3. The Labute approximate surface area is 165 Å². The Balaban J connectivity index is 1.52. The van der Waals surface area contributed by atoms with E-state index < -0.39 is 5.79 Å². The molecule has 1 aromatic rings. The van der Waals surface area contributed by atoms with Crippen LogP contribution >= 0.6 is 0 Å². The van der Waals surface area contributed by atoms with Gasteiger partial charge in [-0.15, -0.1) is 0 Å². The third kappa shape index (κ3) is 3.67. The zero-order chi connectivity index (χ0) is 19.7. The molecule has 2 amide bonds. The van der Waals surface area contributed by atoms with Gasteiger partial charge in [0, 0.05) is 39.0 Å². The second-order valence-electron chi connectivity index (χ2n) is 8.34. The van der Waals surface area contributed by atoms with Gasteiger partial charge in [0.25, 0.3) is 11.8 Å². The molecule has 8 heteroatoms. The molecule has 0 saturated carbocycles. The van der Waals surface area contributed by atoms with Crippen molar-refractivity contribution in [2.45, 2.75) is 58.3 Å². The number of ether oxygens (including phenoxy) is 2. The van der Waals surface area contributed by atoms with Gasteiger partial charge in [-0.05, 0) is 25.2 Å². The molecule has 0 bridgehead atoms. The quantitative estimate of drug-likeness (QED) is 0.844. The molecule has 3 aliphatic heterocycles. The lowest BCUT2D eigenvalue weighted by molar-refractivity contribution is -0.181. The number of hydrogen-bond donors (Lipinski definition) is 1. The van der Waals surface area contributed by atoms with Crippen LogP contribution < -0.4 is 5.32 Å². The summed E-state index contributed by atoms with van der Waals surface area (Å²) in [5.74, 6) is -0.0504. The van der Waals surface area contributed by atoms with Crippen molar-refractivity contribution in [2.24, 2.45) is 5.92 Å². The first-order chi connectivity index (χ1) is 13.5. The third-order valence-electron chi connectivity index (χ3n) is 5.82. The summed E-state index contributed by atoms with van der Waals surface area (Å²) in [5.41, 5.74) is 1.35. The first-order valence-electron chi connectivity index (χ1n) is 10.4. The van der Waals surface area contributed by atoms with Crippen LogP contribution in [-0.4, -0.2) is 64.9 Å². The van der Waals surface area contributed by atoms with Gasteiger partial charge in [-0.1, -0.05) is 13.8 Å². The normalized spacial score (nSPS) is 21.2. The highest BCUT2D eigenvalue weighted by Crippen LogP contribution is 2.32. The van der Waals surface area contributed by atoms with E-state index >= 15 is 0 Å². The number of imidazole rings is 1. The fourth-order valence-electron chi connectivity index (χ4n) is 4.25. The Hall–Kier alpha value is -1.93. The van der Waals surface area contributed by atoms with E-state index in [1.165, 1.54) is 0 Å². The van der Waals surface area contributed by atoms with Crippen LogP contribution in [0.25, 0.3) is 0 Å². The Morgan fingerprint density at radius 1 is 1.14 bits per heavy atom. The maximum absolute atomic E-state index is 13.2. The highest BCUT2D eigenvalue weighted by Gasteiger charge is 2.41. The number of likely N-dealkylation sites (tertiary alicyclic amines) is 1. The van der Waals surface area contributed by atoms with Crippen LogP contribution in [0.4, 0.5) is 0 Å². The molecule has 0 aliphatic carbocycles. The third-order valence-corrected chi connectivity index (χ3v) is 5.82. The smallest absolute Gasteiger partial charge is 0.287 e. The molecule has 4 heterocycles. The average molecular weight is 390 g/mol. The van der Waals surface area contributed by atoms with Gasteiger partial charge in [0.1, 0.15) is 5.69 Å². The lowest BCUT2D eigenvalue weighted by Gasteiger charge is -2.37. The van der Waals surface area contributed by atoms with Crippen molar-refractivity contribution in [1.82, 2.24) is 19.8 Å². The fraction of sp³-hybridized carbons (Fsp3) is 0.750. The zero-order valence-electron chi connectivity index (χ0n) is 16.8. The summed E-state index contributed by atoms with van der Waals surface area (Å²) in [5, 5.41) is 2.93. The highest BCUT2D eigenvalue weighted by molar-refractivity contribution is 5.97. The molecule has 8 nitrogen and oxygen atoms in total. The van der Waals surface area contributed by atoms with Gasteiger partial charge in [0.05, 0.1) is 18.9 Å². The fourth-order valence-corrected chi connectivity index (χ4v) is 4.25. The van der Waals surface area contributed by atoms with Crippen molar-refractivity contribution in [3.63, 3.8) is 0 Å². The van der Waals surface area contributed by atoms with Crippen LogP contribution in [0, 0.1) is 5.92 Å². The van der Waals surface area contributed by atoms with Gasteiger partial charge in [0.15, 0.2) is 11.6 Å². The molecule has 2 saturated heterocycles. The first kappa shape index (κ1) is 19.4. The summed E-state index contributed by atoms with van der Waals surface area (Å²) in [7, 11) is 0. The number of rotatable bonds is 4. The van der Waals surface area contributed by atoms with Crippen molar-refractivity contribution in [3.05, 3.63) is 17.2 Å². The van der Waals surface area contributed by atoms with E-state index in [2.05, 4.69) is 24.1 Å². The number of amides is 2. The second kappa shape index (κ2) is 7.83. The minimum absolute atomic E-state index is 0.0820. The van der Waals surface area contributed by atoms with E-state index in [0.29, 0.717) is 63.1 Å². The Bertz CT molecular complexity index is 742. The monoisotopic (exact) mass is 390 g/mol. The minimum atomic E-state index is -0.508. The number of aromatic nitrogens is 2. The molecule has 1 aromatic heterocycles. The van der Waals surface area contributed by atoms with Gasteiger partial charge in [-0.3, -0.25) is 9.59 Å². The lowest BCUT2D eigenvalue weighted by Crippen LogP contribution is -2.47. The van der Waals surface area contributed by atoms with Gasteiger partial charge in [-0.2, -0.15) is 0 Å². The van der Waals surface area contributed by atoms with Crippen molar-refractivity contribution in [2.75, 3.05) is 32.8 Å². The Kier molecular flexibility index (Phi) is 5.42. The van der Waals surface area contributed by atoms with Crippen LogP contribution in [0.5, 0.6) is 0 Å². The van der Waals surface area contributed by atoms with Crippen LogP contribution in [0.1, 0.15) is 66.3 Å². The van der Waals surface area contributed by atoms with Crippen LogP contribution in [0.15, 0.2) is 0 Å². The van der Waals surface area contributed by atoms with Gasteiger partial charge in [-0.25, -0.2) is 4.98 Å². The standard InChI is InChI=1S/C20H30N4O4/c1-14(2)13-21-18(25)17-22-16(15-5-3-4-8-24(15)17)19(26)23-9-6-20(7-10-23)27-11-12-28-20/h14H,3-13H2,1-2H3,(H,21,25). The molecule has 0 aromatic carbocycles. The van der Waals surface area contributed by atoms with Crippen LogP contribution in [-0.2, 0) is 22.4 Å². The van der Waals surface area contributed by atoms with Crippen LogP contribution in [0.3, 0.4) is 0 Å². The predicted molar refractivity (Wildman–Crippen MR) is 102 cm³/mol. The van der Waals surface area contributed by atoms with Crippen molar-refractivity contribution in [3.8, 4) is 0 Å². The van der Waals surface area contributed by atoms with E-state index in [-0.39, 0.29) is 11.8 Å². The van der Waals surface area contributed by atoms with Gasteiger partial charge < -0.3 is 24.3 Å². The molecular weight excluding hydrogens is 360 g/mol. The highest BCUT2D eigenvalue weighted by atomic mass is 16.7.